The van der Waals surface area contributed by atoms with E-state index in [1.54, 1.807) is 0 Å². The van der Waals surface area contributed by atoms with Gasteiger partial charge in [-0.25, -0.2) is 0 Å². The highest BCUT2D eigenvalue weighted by Gasteiger charge is 1.81. The number of rotatable bonds is 3. The third kappa shape index (κ3) is 86.4. The minimum Gasteiger partial charge on any atom is -0.480 e. The molecule has 0 amide bonds. The fourth-order valence-corrected chi connectivity index (χ4v) is 0. The first kappa shape index (κ1) is 23.8. The molecule has 0 atom stereocenters. The Kier molecular flexibility index (Phi) is 28.1. The molecule has 0 aliphatic rings. The van der Waals surface area contributed by atoms with E-state index in [1.807, 2.05) is 0 Å². The van der Waals surface area contributed by atoms with Gasteiger partial charge in [0.1, 0.15) is 0 Å². The van der Waals surface area contributed by atoms with Crippen LogP contribution in [0.1, 0.15) is 0 Å². The first-order valence-corrected chi connectivity index (χ1v) is 3.57. The summed E-state index contributed by atoms with van der Waals surface area (Å²) in [7, 11) is 0. The Labute approximate surface area is 90.2 Å². The predicted octanol–water partition coefficient (Wildman–Crippen LogP) is -2.76. The summed E-state index contributed by atoms with van der Waals surface area (Å²) in [5.41, 5.74) is 13.7. The van der Waals surface area contributed by atoms with Crippen LogP contribution in [0.25, 0.3) is 0 Å². The molecule has 0 aromatic rings. The van der Waals surface area contributed by atoms with E-state index < -0.39 is 17.9 Å². The zero-order chi connectivity index (χ0) is 12.9. The highest BCUT2D eigenvalue weighted by molar-refractivity contribution is 5.69. The lowest BCUT2D eigenvalue weighted by Crippen LogP contribution is -2.10. The van der Waals surface area contributed by atoms with Gasteiger partial charge in [0, 0.05) is 0 Å². The summed E-state index contributed by atoms with van der Waals surface area (Å²) in [6.07, 6.45) is 0. The first-order valence-electron chi connectivity index (χ1n) is 3.57. The molecule has 0 aliphatic heterocycles. The molecule has 0 aromatic heterocycles. The van der Waals surface area contributed by atoms with Gasteiger partial charge < -0.3 is 32.5 Å². The molecule has 0 aromatic carbocycles. The molecular formula is C6H16FN3O6. The van der Waals surface area contributed by atoms with Crippen LogP contribution >= 0.6 is 0 Å². The second-order valence-corrected chi connectivity index (χ2v) is 1.79. The van der Waals surface area contributed by atoms with Crippen LogP contribution < -0.4 is 17.2 Å². The van der Waals surface area contributed by atoms with Gasteiger partial charge in [-0.05, 0) is 0 Å². The number of halogens is 1. The van der Waals surface area contributed by atoms with Crippen molar-refractivity contribution >= 4 is 17.9 Å². The lowest BCUT2D eigenvalue weighted by molar-refractivity contribution is -0.136. The van der Waals surface area contributed by atoms with Crippen molar-refractivity contribution in [1.82, 2.24) is 0 Å². The van der Waals surface area contributed by atoms with Crippen LogP contribution in [-0.4, -0.2) is 52.9 Å². The molecule has 0 saturated carbocycles. The highest BCUT2D eigenvalue weighted by atomic mass is 19.0. The highest BCUT2D eigenvalue weighted by Crippen LogP contribution is 1.44. The van der Waals surface area contributed by atoms with Gasteiger partial charge in [-0.3, -0.25) is 19.1 Å². The topological polar surface area (TPSA) is 190 Å². The molecule has 0 rings (SSSR count). The number of carboxylic acid groups (broad SMARTS) is 3. The quantitative estimate of drug-likeness (QED) is 0.305. The van der Waals surface area contributed by atoms with Gasteiger partial charge in [-0.15, -0.1) is 0 Å². The summed E-state index contributed by atoms with van der Waals surface area (Å²) in [6, 6.07) is 0. The van der Waals surface area contributed by atoms with Crippen LogP contribution in [0.2, 0.25) is 0 Å². The van der Waals surface area contributed by atoms with Gasteiger partial charge >= 0.3 is 17.9 Å². The number of hydrogen-bond donors (Lipinski definition) is 6. The normalized spacial score (nSPS) is 6.94. The smallest absolute Gasteiger partial charge is 0.317 e. The van der Waals surface area contributed by atoms with Gasteiger partial charge in [0.25, 0.3) is 0 Å². The third-order valence-corrected chi connectivity index (χ3v) is 0.524. The van der Waals surface area contributed by atoms with E-state index >= 15 is 0 Å². The molecule has 10 heteroatoms. The third-order valence-electron chi connectivity index (χ3n) is 0.524. The van der Waals surface area contributed by atoms with Crippen molar-refractivity contribution in [1.29, 1.82) is 0 Å². The summed E-state index contributed by atoms with van der Waals surface area (Å²) < 4.78 is 0. The van der Waals surface area contributed by atoms with Crippen LogP contribution in [0.3, 0.4) is 0 Å². The molecule has 9 N–H and O–H groups in total. The number of nitrogens with two attached hydrogens (primary N) is 3. The zero-order valence-electron chi connectivity index (χ0n) is 8.33. The molecule has 0 fully saturated rings. The second-order valence-electron chi connectivity index (χ2n) is 1.79. The molecule has 16 heavy (non-hydrogen) atoms. The molecule has 0 saturated heterocycles. The van der Waals surface area contributed by atoms with Crippen molar-refractivity contribution in [3.8, 4) is 0 Å². The number of hydrogen-bond acceptors (Lipinski definition) is 6. The number of carboxylic acids is 3. The monoisotopic (exact) mass is 245 g/mol. The summed E-state index contributed by atoms with van der Waals surface area (Å²) in [4.78, 5) is 27.7. The second kappa shape index (κ2) is 18.9. The molecule has 0 spiro atoms. The summed E-state index contributed by atoms with van der Waals surface area (Å²) >= 11 is 0. The standard InChI is InChI=1S/3C2H5NO2.FH/c3*3-1-2(4)5;/h3*1,3H2,(H,4,5);1H. The Bertz CT molecular complexity index is 167. The minimum atomic E-state index is -0.968. The van der Waals surface area contributed by atoms with Crippen molar-refractivity contribution in [2.24, 2.45) is 17.2 Å². The van der Waals surface area contributed by atoms with E-state index in [1.165, 1.54) is 0 Å². The fourth-order valence-electron chi connectivity index (χ4n) is 0. The fraction of sp³-hybridized carbons (Fsp3) is 0.500. The van der Waals surface area contributed by atoms with Gasteiger partial charge in [0.15, 0.2) is 0 Å². The Hall–Kier alpha value is -1.78. The van der Waals surface area contributed by atoms with E-state index in [0.717, 1.165) is 0 Å². The van der Waals surface area contributed by atoms with Crippen molar-refractivity contribution in [2.75, 3.05) is 19.6 Å². The maximum Gasteiger partial charge on any atom is 0.317 e. The first-order chi connectivity index (χ1) is 6.81. The van der Waals surface area contributed by atoms with Crippen molar-refractivity contribution in [3.63, 3.8) is 0 Å². The predicted molar refractivity (Wildman–Crippen MR) is 52.6 cm³/mol. The largest absolute Gasteiger partial charge is 0.480 e. The van der Waals surface area contributed by atoms with E-state index in [0.29, 0.717) is 0 Å². The van der Waals surface area contributed by atoms with E-state index in [-0.39, 0.29) is 24.3 Å². The van der Waals surface area contributed by atoms with Crippen LogP contribution in [0, 0.1) is 0 Å². The average Bonchev–Trinajstić information content (AvgIpc) is 2.19. The van der Waals surface area contributed by atoms with Crippen molar-refractivity contribution in [3.05, 3.63) is 0 Å². The van der Waals surface area contributed by atoms with E-state index in [4.69, 9.17) is 15.3 Å². The number of carbonyl (C=O) groups is 3. The Morgan fingerprint density at radius 3 is 0.750 bits per heavy atom. The van der Waals surface area contributed by atoms with E-state index in [2.05, 4.69) is 17.2 Å². The lowest BCUT2D eigenvalue weighted by Gasteiger charge is -1.73. The molecule has 0 aliphatic carbocycles. The van der Waals surface area contributed by atoms with Crippen molar-refractivity contribution < 1.29 is 34.4 Å². The maximum atomic E-state index is 9.24. The zero-order valence-corrected chi connectivity index (χ0v) is 8.33. The SMILES string of the molecule is F.NCC(=O)O.NCC(=O)O.NCC(=O)O. The summed E-state index contributed by atoms with van der Waals surface area (Å²) in [6.45, 7) is -0.833. The molecule has 9 nitrogen and oxygen atoms in total. The maximum absolute atomic E-state index is 9.24. The summed E-state index contributed by atoms with van der Waals surface area (Å²) in [5.74, 6) is -2.90. The lowest BCUT2D eigenvalue weighted by atomic mass is 10.7. The Morgan fingerprint density at radius 1 is 0.688 bits per heavy atom. The molecule has 0 heterocycles. The van der Waals surface area contributed by atoms with Crippen molar-refractivity contribution in [2.45, 2.75) is 0 Å². The molecule has 0 bridgehead atoms. The Morgan fingerprint density at radius 2 is 0.750 bits per heavy atom. The van der Waals surface area contributed by atoms with Gasteiger partial charge in [0.2, 0.25) is 0 Å². The van der Waals surface area contributed by atoms with E-state index in [9.17, 15) is 14.4 Å². The van der Waals surface area contributed by atoms with Gasteiger partial charge in [-0.1, -0.05) is 0 Å². The summed E-state index contributed by atoms with van der Waals surface area (Å²) in [5, 5.41) is 22.8. The number of aliphatic carboxylic acids is 3. The molecule has 98 valence electrons. The minimum absolute atomic E-state index is 0. The molecule has 0 unspecified atom stereocenters. The van der Waals surface area contributed by atoms with Crippen LogP contribution in [0.5, 0.6) is 0 Å². The van der Waals surface area contributed by atoms with Crippen LogP contribution in [0.15, 0.2) is 0 Å². The van der Waals surface area contributed by atoms with Crippen LogP contribution in [0.4, 0.5) is 4.70 Å². The average molecular weight is 245 g/mol. The van der Waals surface area contributed by atoms with Crippen LogP contribution in [-0.2, 0) is 14.4 Å². The molecule has 0 radical (unpaired) electrons. The molecular weight excluding hydrogens is 229 g/mol. The van der Waals surface area contributed by atoms with Gasteiger partial charge in [0.05, 0.1) is 19.6 Å². The van der Waals surface area contributed by atoms with Gasteiger partial charge in [-0.2, -0.15) is 0 Å². The Balaban J connectivity index is -0.0000000655.